The third kappa shape index (κ3) is 13.2. The summed E-state index contributed by atoms with van der Waals surface area (Å²) in [5, 5.41) is 3.08. The summed E-state index contributed by atoms with van der Waals surface area (Å²) in [5.41, 5.74) is 1.37. The molecule has 0 aliphatic rings. The van der Waals surface area contributed by atoms with Crippen LogP contribution in [0.4, 0.5) is 0 Å². The van der Waals surface area contributed by atoms with Crippen LogP contribution in [0.1, 0.15) is 70.3 Å². The summed E-state index contributed by atoms with van der Waals surface area (Å²) in [6.07, 6.45) is 10.5. The van der Waals surface area contributed by atoms with Crippen molar-refractivity contribution in [1.29, 1.82) is 0 Å². The van der Waals surface area contributed by atoms with Gasteiger partial charge in [0, 0.05) is 24.9 Å². The normalized spacial score (nSPS) is 11.0. The number of hydrogen-bond donors (Lipinski definition) is 1. The molecule has 1 amide bonds. The molecule has 0 radical (unpaired) electrons. The van der Waals surface area contributed by atoms with Crippen molar-refractivity contribution in [2.75, 3.05) is 27.2 Å². The highest BCUT2D eigenvalue weighted by Crippen LogP contribution is 2.10. The highest BCUT2D eigenvalue weighted by atomic mass is 35.5. The molecule has 0 heterocycles. The predicted molar refractivity (Wildman–Crippen MR) is 107 cm³/mol. The summed E-state index contributed by atoms with van der Waals surface area (Å²) in [6.45, 7) is 5.15. The fourth-order valence-corrected chi connectivity index (χ4v) is 3.22. The molecule has 1 N–H and O–H groups in total. The van der Waals surface area contributed by atoms with E-state index in [0.717, 1.165) is 37.0 Å². The van der Waals surface area contributed by atoms with Crippen molar-refractivity contribution in [2.45, 2.75) is 71.3 Å². The van der Waals surface area contributed by atoms with Gasteiger partial charge >= 0.3 is 0 Å². The number of hydrogen-bond acceptors (Lipinski definition) is 1. The molecule has 4 heteroatoms. The van der Waals surface area contributed by atoms with E-state index >= 15 is 0 Å². The van der Waals surface area contributed by atoms with Crippen LogP contribution in [-0.4, -0.2) is 37.6 Å². The molecule has 0 unspecified atom stereocenters. The molecular weight excluding hydrogens is 344 g/mol. The van der Waals surface area contributed by atoms with Crippen molar-refractivity contribution in [3.63, 3.8) is 0 Å². The molecule has 0 saturated heterocycles. The van der Waals surface area contributed by atoms with Gasteiger partial charge in [-0.05, 0) is 6.42 Å². The number of carbonyl (C=O) groups is 1. The maximum absolute atomic E-state index is 11.9. The second kappa shape index (κ2) is 15.0. The van der Waals surface area contributed by atoms with Crippen molar-refractivity contribution in [2.24, 2.45) is 0 Å². The van der Waals surface area contributed by atoms with E-state index in [1.165, 1.54) is 44.1 Å². The minimum Gasteiger partial charge on any atom is -1.00 e. The molecule has 26 heavy (non-hydrogen) atoms. The Bertz CT molecular complexity index is 462. The largest absolute Gasteiger partial charge is 1.00 e. The molecule has 0 atom stereocenters. The lowest BCUT2D eigenvalue weighted by atomic mass is 10.1. The number of quaternary nitrogens is 1. The summed E-state index contributed by atoms with van der Waals surface area (Å²) < 4.78 is 0.956. The van der Waals surface area contributed by atoms with Crippen LogP contribution in [0.15, 0.2) is 30.3 Å². The molecular formula is C22H39ClN2O. The lowest BCUT2D eigenvalue weighted by molar-refractivity contribution is -0.903. The van der Waals surface area contributed by atoms with Gasteiger partial charge in [0.25, 0.3) is 0 Å². The van der Waals surface area contributed by atoms with Gasteiger partial charge < -0.3 is 22.2 Å². The van der Waals surface area contributed by atoms with Crippen molar-refractivity contribution in [1.82, 2.24) is 5.32 Å². The molecule has 1 rings (SSSR count). The summed E-state index contributed by atoms with van der Waals surface area (Å²) >= 11 is 0. The van der Waals surface area contributed by atoms with E-state index in [2.05, 4.69) is 56.7 Å². The van der Waals surface area contributed by atoms with Crippen LogP contribution in [0.2, 0.25) is 0 Å². The van der Waals surface area contributed by atoms with E-state index in [1.807, 2.05) is 0 Å². The molecule has 0 spiro atoms. The van der Waals surface area contributed by atoms with E-state index in [-0.39, 0.29) is 18.3 Å². The first-order valence-corrected chi connectivity index (χ1v) is 10.2. The fourth-order valence-electron chi connectivity index (χ4n) is 3.22. The van der Waals surface area contributed by atoms with Crippen molar-refractivity contribution < 1.29 is 21.7 Å². The molecule has 0 aromatic heterocycles. The Morgan fingerprint density at radius 1 is 0.923 bits per heavy atom. The maximum atomic E-state index is 11.9. The Morgan fingerprint density at radius 2 is 1.54 bits per heavy atom. The molecule has 0 saturated carbocycles. The zero-order valence-corrected chi connectivity index (χ0v) is 17.9. The standard InChI is InChI=1S/C22H38N2O.ClH/c1-4-5-6-7-8-9-13-17-22(25)23-18-14-19-24(2,3)20-21-15-11-10-12-16-21;/h10-12,15-16H,4-9,13-14,17-20H2,1-3H3;1H. The molecule has 0 aliphatic carbocycles. The van der Waals surface area contributed by atoms with Gasteiger partial charge in [0.2, 0.25) is 5.91 Å². The van der Waals surface area contributed by atoms with Gasteiger partial charge in [-0.15, -0.1) is 0 Å². The topological polar surface area (TPSA) is 29.1 Å². The molecule has 1 aromatic rings. The summed E-state index contributed by atoms with van der Waals surface area (Å²) in [4.78, 5) is 11.9. The van der Waals surface area contributed by atoms with Crippen LogP contribution in [0.5, 0.6) is 0 Å². The first kappa shape index (κ1) is 24.9. The Kier molecular flexibility index (Phi) is 14.4. The van der Waals surface area contributed by atoms with Gasteiger partial charge in [-0.25, -0.2) is 0 Å². The third-order valence-corrected chi connectivity index (χ3v) is 4.72. The van der Waals surface area contributed by atoms with Crippen molar-refractivity contribution in [3.05, 3.63) is 35.9 Å². The van der Waals surface area contributed by atoms with Crippen LogP contribution in [0.3, 0.4) is 0 Å². The number of nitrogens with one attached hydrogen (secondary N) is 1. The number of halogens is 1. The number of carbonyl (C=O) groups excluding carboxylic acids is 1. The van der Waals surface area contributed by atoms with E-state index in [1.54, 1.807) is 0 Å². The van der Waals surface area contributed by atoms with Crippen LogP contribution < -0.4 is 17.7 Å². The first-order valence-electron chi connectivity index (χ1n) is 10.2. The zero-order chi connectivity index (χ0) is 18.4. The van der Waals surface area contributed by atoms with Crippen LogP contribution in [0, 0.1) is 0 Å². The van der Waals surface area contributed by atoms with Crippen molar-refractivity contribution >= 4 is 5.91 Å². The van der Waals surface area contributed by atoms with Gasteiger partial charge in [-0.2, -0.15) is 0 Å². The quantitative estimate of drug-likeness (QED) is 0.386. The predicted octanol–water partition coefficient (Wildman–Crippen LogP) is 1.91. The number of nitrogens with zero attached hydrogens (tertiary/aromatic N) is 1. The molecule has 0 bridgehead atoms. The van der Waals surface area contributed by atoms with Gasteiger partial charge in [0.1, 0.15) is 6.54 Å². The van der Waals surface area contributed by atoms with Gasteiger partial charge in [0.05, 0.1) is 20.6 Å². The van der Waals surface area contributed by atoms with Crippen molar-refractivity contribution in [3.8, 4) is 0 Å². The van der Waals surface area contributed by atoms with E-state index < -0.39 is 0 Å². The average Bonchev–Trinajstić information content (AvgIpc) is 2.58. The number of amides is 1. The molecule has 0 aliphatic heterocycles. The molecule has 1 aromatic carbocycles. The van der Waals surface area contributed by atoms with Gasteiger partial charge in [0.15, 0.2) is 0 Å². The molecule has 150 valence electrons. The third-order valence-electron chi connectivity index (χ3n) is 4.72. The lowest BCUT2D eigenvalue weighted by Crippen LogP contribution is -3.00. The smallest absolute Gasteiger partial charge is 0.219 e. The van der Waals surface area contributed by atoms with E-state index in [9.17, 15) is 4.79 Å². The molecule has 3 nitrogen and oxygen atoms in total. The number of unbranched alkanes of at least 4 members (excludes halogenated alkanes) is 6. The first-order chi connectivity index (χ1) is 12.0. The van der Waals surface area contributed by atoms with Crippen LogP contribution >= 0.6 is 0 Å². The summed E-state index contributed by atoms with van der Waals surface area (Å²) in [6, 6.07) is 10.6. The fraction of sp³-hybridized carbons (Fsp3) is 0.682. The Labute approximate surface area is 167 Å². The zero-order valence-electron chi connectivity index (χ0n) is 17.1. The maximum Gasteiger partial charge on any atom is 0.219 e. The monoisotopic (exact) mass is 382 g/mol. The van der Waals surface area contributed by atoms with E-state index in [4.69, 9.17) is 0 Å². The molecule has 0 fully saturated rings. The minimum absolute atomic E-state index is 0. The van der Waals surface area contributed by atoms with Crippen LogP contribution in [0.25, 0.3) is 0 Å². The highest BCUT2D eigenvalue weighted by molar-refractivity contribution is 5.75. The average molecular weight is 383 g/mol. The summed E-state index contributed by atoms with van der Waals surface area (Å²) in [5.74, 6) is 0.224. The number of benzene rings is 1. The second-order valence-corrected chi connectivity index (χ2v) is 7.88. The number of rotatable bonds is 14. The second-order valence-electron chi connectivity index (χ2n) is 7.88. The minimum atomic E-state index is 0. The van der Waals surface area contributed by atoms with E-state index in [0.29, 0.717) is 6.42 Å². The summed E-state index contributed by atoms with van der Waals surface area (Å²) in [7, 11) is 4.51. The Hall–Kier alpha value is -1.06. The highest BCUT2D eigenvalue weighted by Gasteiger charge is 2.15. The van der Waals surface area contributed by atoms with Crippen LogP contribution in [-0.2, 0) is 11.3 Å². The Morgan fingerprint density at radius 3 is 2.19 bits per heavy atom. The van der Waals surface area contributed by atoms with Gasteiger partial charge in [-0.3, -0.25) is 4.79 Å². The SMILES string of the molecule is CCCCCCCCCC(=O)NCCC[N+](C)(C)Cc1ccccc1.[Cl-]. The van der Waals surface area contributed by atoms with Gasteiger partial charge in [-0.1, -0.05) is 75.8 Å². The lowest BCUT2D eigenvalue weighted by Gasteiger charge is -2.30. The Balaban J connectivity index is 0.00000625.